The Hall–Kier alpha value is -0.290. The van der Waals surface area contributed by atoms with Crippen molar-refractivity contribution in [1.82, 2.24) is 0 Å². The molecule has 1 aliphatic rings. The van der Waals surface area contributed by atoms with Gasteiger partial charge in [0.05, 0.1) is 5.60 Å². The maximum atomic E-state index is 12.3. The highest BCUT2D eigenvalue weighted by atomic mass is 19.4. The molecule has 1 fully saturated rings. The summed E-state index contributed by atoms with van der Waals surface area (Å²) in [5.41, 5.74) is 5.49. The average Bonchev–Trinajstić information content (AvgIpc) is 2.52. The molecule has 0 aromatic rings. The van der Waals surface area contributed by atoms with Crippen molar-refractivity contribution in [1.29, 1.82) is 0 Å². The predicted octanol–water partition coefficient (Wildman–Crippen LogP) is 3.79. The van der Waals surface area contributed by atoms with Crippen LogP contribution >= 0.6 is 0 Å². The monoisotopic (exact) mass is 267 g/mol. The summed E-state index contributed by atoms with van der Waals surface area (Å²) in [4.78, 5) is 0. The van der Waals surface area contributed by atoms with Gasteiger partial charge in [-0.25, -0.2) is 0 Å². The fourth-order valence-electron chi connectivity index (χ4n) is 2.82. The second-order valence-electron chi connectivity index (χ2n) is 5.17. The van der Waals surface area contributed by atoms with Gasteiger partial charge in [0.2, 0.25) is 0 Å². The van der Waals surface area contributed by atoms with Crippen molar-refractivity contribution in [3.05, 3.63) is 0 Å². The first kappa shape index (κ1) is 15.8. The minimum absolute atomic E-state index is 0.0382. The Morgan fingerprint density at radius 1 is 1.17 bits per heavy atom. The molecule has 108 valence electrons. The van der Waals surface area contributed by atoms with Gasteiger partial charge in [-0.05, 0) is 26.2 Å². The molecule has 0 bridgehead atoms. The molecule has 1 aliphatic carbocycles. The molecule has 1 atom stereocenters. The minimum Gasteiger partial charge on any atom is -0.374 e. The number of halogens is 3. The van der Waals surface area contributed by atoms with Gasteiger partial charge in [-0.1, -0.05) is 25.7 Å². The van der Waals surface area contributed by atoms with E-state index in [0.717, 1.165) is 38.5 Å². The molecule has 0 spiro atoms. The summed E-state index contributed by atoms with van der Waals surface area (Å²) in [7, 11) is 0. The van der Waals surface area contributed by atoms with Crippen molar-refractivity contribution in [3.63, 3.8) is 0 Å². The molecular weight excluding hydrogens is 243 g/mol. The van der Waals surface area contributed by atoms with Crippen LogP contribution in [0.2, 0.25) is 0 Å². The molecule has 1 unspecified atom stereocenters. The molecule has 1 rings (SSSR count). The predicted molar refractivity (Wildman–Crippen MR) is 65.3 cm³/mol. The Bertz CT molecular complexity index is 235. The van der Waals surface area contributed by atoms with E-state index in [1.54, 1.807) is 0 Å². The van der Waals surface area contributed by atoms with Crippen LogP contribution in [-0.4, -0.2) is 24.4 Å². The van der Waals surface area contributed by atoms with Gasteiger partial charge in [0.1, 0.15) is 0 Å². The third-order valence-electron chi connectivity index (χ3n) is 3.80. The van der Waals surface area contributed by atoms with E-state index in [1.807, 2.05) is 6.92 Å². The SMILES string of the molecule is CCOC1(C(N)CCC(F)(F)F)CCCCCC1. The van der Waals surface area contributed by atoms with Crippen LogP contribution in [-0.2, 0) is 4.74 Å². The van der Waals surface area contributed by atoms with E-state index in [9.17, 15) is 13.2 Å². The van der Waals surface area contributed by atoms with Crippen LogP contribution in [0.1, 0.15) is 58.3 Å². The number of hydrogen-bond acceptors (Lipinski definition) is 2. The molecule has 0 radical (unpaired) electrons. The molecule has 2 nitrogen and oxygen atoms in total. The van der Waals surface area contributed by atoms with Gasteiger partial charge >= 0.3 is 6.18 Å². The van der Waals surface area contributed by atoms with Crippen molar-refractivity contribution in [2.24, 2.45) is 5.73 Å². The van der Waals surface area contributed by atoms with Crippen LogP contribution in [0.5, 0.6) is 0 Å². The average molecular weight is 267 g/mol. The molecule has 0 aromatic heterocycles. The normalized spacial score (nSPS) is 22.5. The lowest BCUT2D eigenvalue weighted by Gasteiger charge is -2.38. The molecule has 0 amide bonds. The van der Waals surface area contributed by atoms with E-state index >= 15 is 0 Å². The maximum Gasteiger partial charge on any atom is 0.389 e. The zero-order valence-corrected chi connectivity index (χ0v) is 11.1. The van der Waals surface area contributed by atoms with E-state index < -0.39 is 24.2 Å². The smallest absolute Gasteiger partial charge is 0.374 e. The number of alkyl halides is 3. The second-order valence-corrected chi connectivity index (χ2v) is 5.17. The van der Waals surface area contributed by atoms with Crippen molar-refractivity contribution < 1.29 is 17.9 Å². The van der Waals surface area contributed by atoms with Crippen LogP contribution in [0.3, 0.4) is 0 Å². The molecule has 0 aromatic carbocycles. The Kier molecular flexibility index (Phi) is 5.92. The van der Waals surface area contributed by atoms with Gasteiger partial charge < -0.3 is 10.5 Å². The molecular formula is C13H24F3NO. The Balaban J connectivity index is 2.63. The summed E-state index contributed by atoms with van der Waals surface area (Å²) in [6.07, 6.45) is 0.850. The Labute approximate surface area is 107 Å². The molecule has 0 saturated heterocycles. The van der Waals surface area contributed by atoms with Gasteiger partial charge in [-0.2, -0.15) is 13.2 Å². The maximum absolute atomic E-state index is 12.3. The first-order chi connectivity index (χ1) is 8.40. The van der Waals surface area contributed by atoms with Gasteiger partial charge in [0, 0.05) is 19.1 Å². The first-order valence-electron chi connectivity index (χ1n) is 6.86. The van der Waals surface area contributed by atoms with Crippen LogP contribution < -0.4 is 5.73 Å². The zero-order valence-electron chi connectivity index (χ0n) is 11.1. The summed E-state index contributed by atoms with van der Waals surface area (Å²) in [5.74, 6) is 0. The lowest BCUT2D eigenvalue weighted by atomic mass is 9.84. The van der Waals surface area contributed by atoms with E-state index in [1.165, 1.54) is 0 Å². The van der Waals surface area contributed by atoms with Crippen LogP contribution in [0.4, 0.5) is 13.2 Å². The number of rotatable bonds is 5. The summed E-state index contributed by atoms with van der Waals surface area (Å²) in [6.45, 7) is 2.39. The van der Waals surface area contributed by atoms with E-state index in [-0.39, 0.29) is 6.42 Å². The number of nitrogens with two attached hydrogens (primary N) is 1. The molecule has 0 aliphatic heterocycles. The fourth-order valence-corrected chi connectivity index (χ4v) is 2.82. The van der Waals surface area contributed by atoms with E-state index in [2.05, 4.69) is 0 Å². The third-order valence-corrected chi connectivity index (χ3v) is 3.80. The zero-order chi connectivity index (χ0) is 13.6. The molecule has 0 heterocycles. The van der Waals surface area contributed by atoms with E-state index in [0.29, 0.717) is 6.61 Å². The van der Waals surface area contributed by atoms with Gasteiger partial charge in [-0.3, -0.25) is 0 Å². The Morgan fingerprint density at radius 3 is 2.17 bits per heavy atom. The minimum atomic E-state index is -4.13. The van der Waals surface area contributed by atoms with Crippen molar-refractivity contribution in [2.75, 3.05) is 6.61 Å². The van der Waals surface area contributed by atoms with Crippen molar-refractivity contribution in [2.45, 2.75) is 76.1 Å². The summed E-state index contributed by atoms with van der Waals surface area (Å²) in [6, 6.07) is -0.517. The van der Waals surface area contributed by atoms with Crippen LogP contribution in [0.15, 0.2) is 0 Å². The Morgan fingerprint density at radius 2 is 1.72 bits per heavy atom. The summed E-state index contributed by atoms with van der Waals surface area (Å²) in [5, 5.41) is 0. The highest BCUT2D eigenvalue weighted by Crippen LogP contribution is 2.35. The lowest BCUT2D eigenvalue weighted by Crippen LogP contribution is -2.50. The highest BCUT2D eigenvalue weighted by Gasteiger charge is 2.39. The quantitative estimate of drug-likeness (QED) is 0.769. The van der Waals surface area contributed by atoms with Gasteiger partial charge in [0.15, 0.2) is 0 Å². The standard InChI is InChI=1S/C13H24F3NO/c1-2-18-12(8-5-3-4-6-9-12)11(17)7-10-13(14,15)16/h11H,2-10,17H2,1H3. The number of ether oxygens (including phenoxy) is 1. The highest BCUT2D eigenvalue weighted by molar-refractivity contribution is 4.93. The molecule has 5 heteroatoms. The first-order valence-corrected chi connectivity index (χ1v) is 6.86. The molecule has 1 saturated carbocycles. The summed E-state index contributed by atoms with van der Waals surface area (Å²) < 4.78 is 42.6. The molecule has 2 N–H and O–H groups in total. The fraction of sp³-hybridized carbons (Fsp3) is 1.00. The topological polar surface area (TPSA) is 35.2 Å². The van der Waals surface area contributed by atoms with Crippen LogP contribution in [0.25, 0.3) is 0 Å². The second kappa shape index (κ2) is 6.75. The largest absolute Gasteiger partial charge is 0.389 e. The molecule has 18 heavy (non-hydrogen) atoms. The van der Waals surface area contributed by atoms with Crippen molar-refractivity contribution in [3.8, 4) is 0 Å². The van der Waals surface area contributed by atoms with E-state index in [4.69, 9.17) is 10.5 Å². The number of hydrogen-bond donors (Lipinski definition) is 1. The van der Waals surface area contributed by atoms with Crippen LogP contribution in [0, 0.1) is 0 Å². The van der Waals surface area contributed by atoms with Crippen molar-refractivity contribution >= 4 is 0 Å². The summed E-state index contributed by atoms with van der Waals surface area (Å²) >= 11 is 0. The van der Waals surface area contributed by atoms with Gasteiger partial charge in [0.25, 0.3) is 0 Å². The third kappa shape index (κ3) is 4.76. The lowest BCUT2D eigenvalue weighted by molar-refractivity contribution is -0.142. The van der Waals surface area contributed by atoms with Gasteiger partial charge in [-0.15, -0.1) is 0 Å².